The van der Waals surface area contributed by atoms with Gasteiger partial charge in [-0.25, -0.2) is 0 Å². The summed E-state index contributed by atoms with van der Waals surface area (Å²) in [6, 6.07) is 0.382. The molecule has 1 aliphatic carbocycles. The van der Waals surface area contributed by atoms with Crippen molar-refractivity contribution in [2.75, 3.05) is 0 Å². The molecular formula is C11H23N. The van der Waals surface area contributed by atoms with Crippen molar-refractivity contribution in [3.8, 4) is 0 Å². The van der Waals surface area contributed by atoms with Gasteiger partial charge in [0.15, 0.2) is 0 Å². The van der Waals surface area contributed by atoms with Crippen LogP contribution < -0.4 is 5.73 Å². The van der Waals surface area contributed by atoms with Gasteiger partial charge in [-0.2, -0.15) is 0 Å². The van der Waals surface area contributed by atoms with Gasteiger partial charge in [-0.05, 0) is 43.4 Å². The van der Waals surface area contributed by atoms with Gasteiger partial charge in [-0.15, -0.1) is 0 Å². The largest absolute Gasteiger partial charge is 0.328 e. The molecule has 3 atom stereocenters. The zero-order valence-corrected chi connectivity index (χ0v) is 8.93. The maximum Gasteiger partial charge on any atom is 0.00390 e. The summed E-state index contributed by atoms with van der Waals surface area (Å²) in [5, 5.41) is 0. The molecule has 1 saturated carbocycles. The lowest BCUT2D eigenvalue weighted by molar-refractivity contribution is 0.120. The quantitative estimate of drug-likeness (QED) is 0.642. The molecule has 1 aliphatic rings. The van der Waals surface area contributed by atoms with Crippen molar-refractivity contribution in [1.29, 1.82) is 0 Å². The Morgan fingerprint density at radius 3 is 2.33 bits per heavy atom. The van der Waals surface area contributed by atoms with E-state index >= 15 is 0 Å². The first-order valence-corrected chi connectivity index (χ1v) is 5.16. The fourth-order valence-corrected chi connectivity index (χ4v) is 2.82. The molecule has 0 aromatic heterocycles. The molecule has 0 aliphatic heterocycles. The summed E-state index contributed by atoms with van der Waals surface area (Å²) in [7, 11) is 0. The van der Waals surface area contributed by atoms with Gasteiger partial charge < -0.3 is 5.73 Å². The Balaban J connectivity index is 2.58. The van der Waals surface area contributed by atoms with Crippen LogP contribution in [0.4, 0.5) is 0 Å². The first-order chi connectivity index (χ1) is 5.41. The molecule has 0 spiro atoms. The molecule has 0 heterocycles. The Labute approximate surface area is 76.7 Å². The van der Waals surface area contributed by atoms with Gasteiger partial charge in [0.1, 0.15) is 0 Å². The van der Waals surface area contributed by atoms with E-state index < -0.39 is 0 Å². The highest BCUT2D eigenvalue weighted by molar-refractivity contribution is 4.85. The Bertz CT molecular complexity index is 149. The molecule has 2 N–H and O–H groups in total. The second-order valence-corrected chi connectivity index (χ2v) is 5.53. The van der Waals surface area contributed by atoms with Crippen LogP contribution in [0.25, 0.3) is 0 Å². The average molecular weight is 169 g/mol. The Hall–Kier alpha value is -0.0400. The van der Waals surface area contributed by atoms with Crippen LogP contribution in [0.1, 0.15) is 47.0 Å². The smallest absolute Gasteiger partial charge is 0.00390 e. The lowest BCUT2D eigenvalue weighted by Crippen LogP contribution is -2.36. The van der Waals surface area contributed by atoms with Crippen LogP contribution in [-0.2, 0) is 0 Å². The monoisotopic (exact) mass is 169 g/mol. The predicted octanol–water partition coefficient (Wildman–Crippen LogP) is 2.80. The highest BCUT2D eigenvalue weighted by Gasteiger charge is 2.33. The van der Waals surface area contributed by atoms with Crippen LogP contribution >= 0.6 is 0 Å². The SMILES string of the molecule is CC1CC([C@H](C)N)CC(C)(C)C1. The van der Waals surface area contributed by atoms with E-state index in [9.17, 15) is 0 Å². The Morgan fingerprint density at radius 1 is 1.33 bits per heavy atom. The summed E-state index contributed by atoms with van der Waals surface area (Å²) in [6.07, 6.45) is 4.02. The van der Waals surface area contributed by atoms with Crippen molar-refractivity contribution in [3.63, 3.8) is 0 Å². The van der Waals surface area contributed by atoms with E-state index in [4.69, 9.17) is 5.73 Å². The summed E-state index contributed by atoms with van der Waals surface area (Å²) < 4.78 is 0. The molecular weight excluding hydrogens is 146 g/mol. The topological polar surface area (TPSA) is 26.0 Å². The molecule has 1 fully saturated rings. The third-order valence-electron chi connectivity index (χ3n) is 3.16. The highest BCUT2D eigenvalue weighted by atomic mass is 14.6. The van der Waals surface area contributed by atoms with E-state index in [2.05, 4.69) is 27.7 Å². The molecule has 0 aromatic carbocycles. The van der Waals surface area contributed by atoms with E-state index in [1.807, 2.05) is 0 Å². The highest BCUT2D eigenvalue weighted by Crippen LogP contribution is 2.42. The minimum atomic E-state index is 0.382. The Morgan fingerprint density at radius 2 is 1.92 bits per heavy atom. The zero-order chi connectivity index (χ0) is 9.35. The molecule has 2 unspecified atom stereocenters. The van der Waals surface area contributed by atoms with E-state index in [-0.39, 0.29) is 0 Å². The van der Waals surface area contributed by atoms with E-state index in [0.717, 1.165) is 11.8 Å². The first-order valence-electron chi connectivity index (χ1n) is 5.16. The molecule has 12 heavy (non-hydrogen) atoms. The lowest BCUT2D eigenvalue weighted by atomic mass is 9.66. The van der Waals surface area contributed by atoms with Crippen LogP contribution in [0.5, 0.6) is 0 Å². The maximum atomic E-state index is 5.95. The second kappa shape index (κ2) is 3.37. The first kappa shape index (κ1) is 10.0. The summed E-state index contributed by atoms with van der Waals surface area (Å²) >= 11 is 0. The molecule has 1 rings (SSSR count). The van der Waals surface area contributed by atoms with E-state index in [1.54, 1.807) is 0 Å². The molecule has 72 valence electrons. The zero-order valence-electron chi connectivity index (χ0n) is 8.93. The minimum absolute atomic E-state index is 0.382. The molecule has 1 nitrogen and oxygen atoms in total. The maximum absolute atomic E-state index is 5.95. The Kier molecular flexibility index (Phi) is 2.82. The molecule has 0 bridgehead atoms. The fourth-order valence-electron chi connectivity index (χ4n) is 2.82. The molecule has 0 aromatic rings. The number of hydrogen-bond donors (Lipinski definition) is 1. The summed E-state index contributed by atoms with van der Waals surface area (Å²) in [5.41, 5.74) is 6.47. The molecule has 0 radical (unpaired) electrons. The summed E-state index contributed by atoms with van der Waals surface area (Å²) in [5.74, 6) is 1.62. The van der Waals surface area contributed by atoms with Crippen molar-refractivity contribution < 1.29 is 0 Å². The van der Waals surface area contributed by atoms with Crippen molar-refractivity contribution >= 4 is 0 Å². The third kappa shape index (κ3) is 2.48. The van der Waals surface area contributed by atoms with Crippen molar-refractivity contribution in [3.05, 3.63) is 0 Å². The van der Waals surface area contributed by atoms with Crippen LogP contribution in [0, 0.1) is 17.3 Å². The molecule has 0 saturated heterocycles. The standard InChI is InChI=1S/C11H23N/c1-8-5-10(9(2)12)7-11(3,4)6-8/h8-10H,5-7,12H2,1-4H3/t8?,9-,10?/m0/s1. The third-order valence-corrected chi connectivity index (χ3v) is 3.16. The van der Waals surface area contributed by atoms with Gasteiger partial charge in [-0.3, -0.25) is 0 Å². The van der Waals surface area contributed by atoms with Crippen molar-refractivity contribution in [2.45, 2.75) is 53.0 Å². The number of nitrogens with two attached hydrogens (primary N) is 1. The average Bonchev–Trinajstić information content (AvgIpc) is 1.82. The lowest BCUT2D eigenvalue weighted by Gasteiger charge is -2.40. The fraction of sp³-hybridized carbons (Fsp3) is 1.00. The van der Waals surface area contributed by atoms with Crippen molar-refractivity contribution in [1.82, 2.24) is 0 Å². The van der Waals surface area contributed by atoms with Crippen LogP contribution in [0.15, 0.2) is 0 Å². The minimum Gasteiger partial charge on any atom is -0.328 e. The summed E-state index contributed by atoms with van der Waals surface area (Å²) in [6.45, 7) is 9.26. The normalized spacial score (nSPS) is 37.8. The number of hydrogen-bond acceptors (Lipinski definition) is 1. The van der Waals surface area contributed by atoms with Crippen LogP contribution in [-0.4, -0.2) is 6.04 Å². The van der Waals surface area contributed by atoms with E-state index in [1.165, 1.54) is 19.3 Å². The van der Waals surface area contributed by atoms with Crippen LogP contribution in [0.3, 0.4) is 0 Å². The van der Waals surface area contributed by atoms with Gasteiger partial charge >= 0.3 is 0 Å². The van der Waals surface area contributed by atoms with Gasteiger partial charge in [0.25, 0.3) is 0 Å². The van der Waals surface area contributed by atoms with Gasteiger partial charge in [0, 0.05) is 6.04 Å². The second-order valence-electron chi connectivity index (χ2n) is 5.53. The van der Waals surface area contributed by atoms with Gasteiger partial charge in [0.05, 0.1) is 0 Å². The van der Waals surface area contributed by atoms with Gasteiger partial charge in [-0.1, -0.05) is 20.8 Å². The predicted molar refractivity (Wildman–Crippen MR) is 53.9 cm³/mol. The van der Waals surface area contributed by atoms with E-state index in [0.29, 0.717) is 11.5 Å². The molecule has 1 heteroatoms. The number of rotatable bonds is 1. The van der Waals surface area contributed by atoms with Crippen LogP contribution in [0.2, 0.25) is 0 Å². The summed E-state index contributed by atoms with van der Waals surface area (Å²) in [4.78, 5) is 0. The van der Waals surface area contributed by atoms with Crippen molar-refractivity contribution in [2.24, 2.45) is 23.0 Å². The van der Waals surface area contributed by atoms with Gasteiger partial charge in [0.2, 0.25) is 0 Å². The molecule has 0 amide bonds.